The average molecular weight is 288 g/mol. The number of hydrogen-bond acceptors (Lipinski definition) is 2. The van der Waals surface area contributed by atoms with Gasteiger partial charge in [0.05, 0.1) is 16.7 Å². The Kier molecular flexibility index (Phi) is 3.50. The van der Waals surface area contributed by atoms with Crippen LogP contribution in [0.3, 0.4) is 0 Å². The highest BCUT2D eigenvalue weighted by molar-refractivity contribution is 9.10. The minimum Gasteiger partial charge on any atom is -0.372 e. The van der Waals surface area contributed by atoms with Gasteiger partial charge in [-0.05, 0) is 48.0 Å². The summed E-state index contributed by atoms with van der Waals surface area (Å²) in [5, 5.41) is 0. The van der Waals surface area contributed by atoms with Crippen LogP contribution in [0.2, 0.25) is 0 Å². The molecule has 1 aliphatic heterocycles. The van der Waals surface area contributed by atoms with Gasteiger partial charge in [0.1, 0.15) is 5.82 Å². The van der Waals surface area contributed by atoms with Crippen molar-refractivity contribution in [1.29, 1.82) is 0 Å². The van der Waals surface area contributed by atoms with Crippen LogP contribution in [0.15, 0.2) is 22.7 Å². The molecule has 0 aliphatic carbocycles. The number of anilines is 1. The van der Waals surface area contributed by atoms with Gasteiger partial charge in [-0.1, -0.05) is 0 Å². The van der Waals surface area contributed by atoms with Crippen LogP contribution in [-0.2, 0) is 4.74 Å². The van der Waals surface area contributed by atoms with Crippen LogP contribution < -0.4 is 4.90 Å². The molecule has 1 aliphatic rings. The third kappa shape index (κ3) is 2.55. The molecule has 88 valence electrons. The van der Waals surface area contributed by atoms with E-state index in [4.69, 9.17) is 4.74 Å². The number of morpholine rings is 1. The molecule has 1 heterocycles. The highest BCUT2D eigenvalue weighted by Crippen LogP contribution is 2.24. The van der Waals surface area contributed by atoms with Gasteiger partial charge in [-0.25, -0.2) is 4.39 Å². The first-order valence-corrected chi connectivity index (χ1v) is 6.21. The van der Waals surface area contributed by atoms with E-state index >= 15 is 0 Å². The van der Waals surface area contributed by atoms with E-state index in [0.29, 0.717) is 4.47 Å². The minimum absolute atomic E-state index is 0.190. The van der Waals surface area contributed by atoms with Crippen LogP contribution in [0, 0.1) is 5.82 Å². The fourth-order valence-corrected chi connectivity index (χ4v) is 2.32. The zero-order valence-electron chi connectivity index (χ0n) is 9.41. The van der Waals surface area contributed by atoms with Crippen molar-refractivity contribution < 1.29 is 9.13 Å². The molecule has 1 saturated heterocycles. The lowest BCUT2D eigenvalue weighted by Crippen LogP contribution is -2.45. The van der Waals surface area contributed by atoms with Crippen molar-refractivity contribution in [3.63, 3.8) is 0 Å². The second-order valence-electron chi connectivity index (χ2n) is 4.26. The zero-order chi connectivity index (χ0) is 11.7. The third-order valence-corrected chi connectivity index (χ3v) is 3.33. The molecular weight excluding hydrogens is 273 g/mol. The van der Waals surface area contributed by atoms with Crippen LogP contribution in [0.1, 0.15) is 13.8 Å². The summed E-state index contributed by atoms with van der Waals surface area (Å²) < 4.78 is 19.6. The fourth-order valence-electron chi connectivity index (χ4n) is 2.07. The van der Waals surface area contributed by atoms with E-state index in [1.165, 1.54) is 0 Å². The Bertz CT molecular complexity index is 375. The van der Waals surface area contributed by atoms with Gasteiger partial charge in [-0.2, -0.15) is 0 Å². The normalized spacial score (nSPS) is 25.9. The van der Waals surface area contributed by atoms with E-state index in [-0.39, 0.29) is 18.0 Å². The summed E-state index contributed by atoms with van der Waals surface area (Å²) >= 11 is 3.16. The van der Waals surface area contributed by atoms with Crippen molar-refractivity contribution in [3.05, 3.63) is 28.5 Å². The maximum Gasteiger partial charge on any atom is 0.139 e. The zero-order valence-corrected chi connectivity index (χ0v) is 11.0. The molecule has 0 radical (unpaired) electrons. The van der Waals surface area contributed by atoms with Gasteiger partial charge >= 0.3 is 0 Å². The van der Waals surface area contributed by atoms with Crippen molar-refractivity contribution >= 4 is 21.6 Å². The van der Waals surface area contributed by atoms with Gasteiger partial charge in [0.2, 0.25) is 0 Å². The molecular formula is C12H15BrFNO. The van der Waals surface area contributed by atoms with Gasteiger partial charge in [-0.3, -0.25) is 0 Å². The van der Waals surface area contributed by atoms with E-state index in [9.17, 15) is 4.39 Å². The molecule has 2 rings (SSSR count). The van der Waals surface area contributed by atoms with E-state index < -0.39 is 0 Å². The van der Waals surface area contributed by atoms with Crippen LogP contribution in [-0.4, -0.2) is 25.3 Å². The predicted octanol–water partition coefficient (Wildman–Crippen LogP) is 3.20. The van der Waals surface area contributed by atoms with E-state index in [1.54, 1.807) is 12.1 Å². The molecule has 16 heavy (non-hydrogen) atoms. The number of benzene rings is 1. The SMILES string of the molecule is CC1CN(c2ccc(Br)c(F)c2)CC(C)O1. The standard InChI is InChI=1S/C12H15BrFNO/c1-8-6-15(7-9(2)16-8)10-3-4-11(13)12(14)5-10/h3-5,8-9H,6-7H2,1-2H3. The van der Waals surface area contributed by atoms with Gasteiger partial charge in [0.25, 0.3) is 0 Å². The van der Waals surface area contributed by atoms with Crippen molar-refractivity contribution in [2.45, 2.75) is 26.1 Å². The van der Waals surface area contributed by atoms with E-state index in [2.05, 4.69) is 20.8 Å². The number of rotatable bonds is 1. The lowest BCUT2D eigenvalue weighted by molar-refractivity contribution is -0.00523. The predicted molar refractivity (Wildman–Crippen MR) is 66.3 cm³/mol. The smallest absolute Gasteiger partial charge is 0.139 e. The largest absolute Gasteiger partial charge is 0.372 e. The number of ether oxygens (including phenoxy) is 1. The van der Waals surface area contributed by atoms with Gasteiger partial charge in [-0.15, -0.1) is 0 Å². The maximum atomic E-state index is 13.4. The van der Waals surface area contributed by atoms with Crippen LogP contribution in [0.5, 0.6) is 0 Å². The van der Waals surface area contributed by atoms with Crippen LogP contribution >= 0.6 is 15.9 Å². The lowest BCUT2D eigenvalue weighted by Gasteiger charge is -2.36. The monoisotopic (exact) mass is 287 g/mol. The average Bonchev–Trinajstić information content (AvgIpc) is 2.20. The molecule has 1 aromatic carbocycles. The molecule has 2 nitrogen and oxygen atoms in total. The van der Waals surface area contributed by atoms with Crippen LogP contribution in [0.4, 0.5) is 10.1 Å². The molecule has 0 amide bonds. The van der Waals surface area contributed by atoms with Gasteiger partial charge in [0.15, 0.2) is 0 Å². The minimum atomic E-state index is -0.218. The molecule has 2 atom stereocenters. The summed E-state index contributed by atoms with van der Waals surface area (Å²) in [7, 11) is 0. The van der Waals surface area contributed by atoms with Crippen molar-refractivity contribution in [2.75, 3.05) is 18.0 Å². The molecule has 0 spiro atoms. The summed E-state index contributed by atoms with van der Waals surface area (Å²) in [6.45, 7) is 5.70. The highest BCUT2D eigenvalue weighted by Gasteiger charge is 2.22. The number of halogens is 2. The second kappa shape index (κ2) is 4.72. The fraction of sp³-hybridized carbons (Fsp3) is 0.500. The summed E-state index contributed by atoms with van der Waals surface area (Å²) in [5.41, 5.74) is 0.919. The van der Waals surface area contributed by atoms with E-state index in [1.807, 2.05) is 19.9 Å². The number of nitrogens with zero attached hydrogens (tertiary/aromatic N) is 1. The molecule has 2 unspecified atom stereocenters. The molecule has 1 aromatic rings. The Morgan fingerprint density at radius 1 is 1.31 bits per heavy atom. The summed E-state index contributed by atoms with van der Waals surface area (Å²) in [5.74, 6) is -0.218. The Morgan fingerprint density at radius 2 is 1.94 bits per heavy atom. The van der Waals surface area contributed by atoms with E-state index in [0.717, 1.165) is 18.8 Å². The summed E-state index contributed by atoms with van der Waals surface area (Å²) in [6, 6.07) is 5.24. The van der Waals surface area contributed by atoms with Crippen molar-refractivity contribution in [1.82, 2.24) is 0 Å². The third-order valence-electron chi connectivity index (χ3n) is 2.69. The molecule has 0 saturated carbocycles. The molecule has 0 bridgehead atoms. The van der Waals surface area contributed by atoms with Crippen molar-refractivity contribution in [2.24, 2.45) is 0 Å². The summed E-state index contributed by atoms with van der Waals surface area (Å²) in [6.07, 6.45) is 0.380. The Hall–Kier alpha value is -0.610. The lowest BCUT2D eigenvalue weighted by atomic mass is 10.2. The van der Waals surface area contributed by atoms with Gasteiger partial charge < -0.3 is 9.64 Å². The first-order valence-electron chi connectivity index (χ1n) is 5.41. The number of hydrogen-bond donors (Lipinski definition) is 0. The second-order valence-corrected chi connectivity index (χ2v) is 5.12. The maximum absolute atomic E-state index is 13.4. The molecule has 4 heteroatoms. The van der Waals surface area contributed by atoms with Gasteiger partial charge in [0, 0.05) is 18.8 Å². The van der Waals surface area contributed by atoms with Crippen molar-refractivity contribution in [3.8, 4) is 0 Å². The molecule has 0 aromatic heterocycles. The first kappa shape index (κ1) is 11.9. The Balaban J connectivity index is 2.19. The first-order chi connectivity index (χ1) is 7.56. The Labute approximate surface area is 104 Å². The molecule has 1 fully saturated rings. The topological polar surface area (TPSA) is 12.5 Å². The summed E-state index contributed by atoms with van der Waals surface area (Å²) in [4.78, 5) is 2.16. The van der Waals surface area contributed by atoms with Crippen LogP contribution in [0.25, 0.3) is 0 Å². The quantitative estimate of drug-likeness (QED) is 0.787. The highest BCUT2D eigenvalue weighted by atomic mass is 79.9. The molecule has 0 N–H and O–H groups in total. The Morgan fingerprint density at radius 3 is 2.50 bits per heavy atom.